The van der Waals surface area contributed by atoms with Crippen LogP contribution >= 0.6 is 0 Å². The van der Waals surface area contributed by atoms with E-state index in [0.717, 1.165) is 10.8 Å². The molecule has 2 aromatic rings. The van der Waals surface area contributed by atoms with Gasteiger partial charge in [-0.25, -0.2) is 9.78 Å². The van der Waals surface area contributed by atoms with Crippen LogP contribution in [0.2, 0.25) is 0 Å². The number of nitrogens with zero attached hydrogens (tertiary/aromatic N) is 1. The van der Waals surface area contributed by atoms with E-state index >= 15 is 0 Å². The molecular weight excluding hydrogens is 230 g/mol. The third-order valence-corrected chi connectivity index (χ3v) is 2.47. The lowest BCUT2D eigenvalue weighted by molar-refractivity contribution is 0.0518. The van der Waals surface area contributed by atoms with E-state index in [1.807, 2.05) is 31.2 Å². The molecule has 0 saturated carbocycles. The molecule has 0 aliphatic rings. The lowest BCUT2D eigenvalue weighted by Gasteiger charge is -2.08. The van der Waals surface area contributed by atoms with Crippen LogP contribution in [0.5, 0.6) is 5.88 Å². The lowest BCUT2D eigenvalue weighted by atomic mass is 10.1. The number of fused-ring (bicyclic) bond motifs is 1. The predicted octanol–water partition coefficient (Wildman–Crippen LogP) is 2.81. The molecule has 0 amide bonds. The highest BCUT2D eigenvalue weighted by Crippen LogP contribution is 2.24. The largest absolute Gasteiger partial charge is 0.478 e. The fraction of sp³-hybridized carbons (Fsp3) is 0.286. The van der Waals surface area contributed by atoms with E-state index in [1.165, 1.54) is 0 Å². The van der Waals surface area contributed by atoms with Crippen molar-refractivity contribution >= 4 is 16.7 Å². The molecule has 0 N–H and O–H groups in total. The van der Waals surface area contributed by atoms with Crippen LogP contribution in [0.15, 0.2) is 30.3 Å². The smallest absolute Gasteiger partial charge is 0.357 e. The minimum absolute atomic E-state index is 0.277. The molecule has 0 fully saturated rings. The van der Waals surface area contributed by atoms with Crippen molar-refractivity contribution in [3.05, 3.63) is 36.0 Å². The Morgan fingerprint density at radius 2 is 2.00 bits per heavy atom. The molecule has 0 saturated heterocycles. The summed E-state index contributed by atoms with van der Waals surface area (Å²) in [6.45, 7) is 4.48. The first-order valence-electron chi connectivity index (χ1n) is 5.96. The standard InChI is InChI=1S/C14H15NO3/c1-3-17-13-11-8-6-5-7-10(11)9-12(15-13)14(16)18-4-2/h5-9H,3-4H2,1-2H3. The second kappa shape index (κ2) is 5.49. The third kappa shape index (κ3) is 2.42. The number of carbonyl (C=O) groups excluding carboxylic acids is 1. The minimum atomic E-state index is -0.427. The number of ether oxygens (including phenoxy) is 2. The minimum Gasteiger partial charge on any atom is -0.478 e. The van der Waals surface area contributed by atoms with E-state index in [-0.39, 0.29) is 5.69 Å². The van der Waals surface area contributed by atoms with Crippen molar-refractivity contribution in [2.24, 2.45) is 0 Å². The average Bonchev–Trinajstić information content (AvgIpc) is 2.39. The van der Waals surface area contributed by atoms with Gasteiger partial charge in [0.2, 0.25) is 5.88 Å². The van der Waals surface area contributed by atoms with Gasteiger partial charge in [0.25, 0.3) is 0 Å². The lowest BCUT2D eigenvalue weighted by Crippen LogP contribution is -2.08. The molecule has 2 rings (SSSR count). The van der Waals surface area contributed by atoms with Crippen molar-refractivity contribution in [1.82, 2.24) is 4.98 Å². The molecule has 0 spiro atoms. The second-order valence-electron chi connectivity index (χ2n) is 3.69. The van der Waals surface area contributed by atoms with Crippen LogP contribution < -0.4 is 4.74 Å². The Hall–Kier alpha value is -2.10. The number of esters is 1. The molecule has 0 atom stereocenters. The average molecular weight is 245 g/mol. The summed E-state index contributed by atoms with van der Waals surface area (Å²) in [6, 6.07) is 9.38. The topological polar surface area (TPSA) is 48.4 Å². The van der Waals surface area contributed by atoms with Gasteiger partial charge in [-0.2, -0.15) is 0 Å². The summed E-state index contributed by atoms with van der Waals surface area (Å²) in [4.78, 5) is 15.9. The Labute approximate surface area is 106 Å². The monoisotopic (exact) mass is 245 g/mol. The Kier molecular flexibility index (Phi) is 3.77. The third-order valence-electron chi connectivity index (χ3n) is 2.47. The Bertz CT molecular complexity index is 566. The summed E-state index contributed by atoms with van der Waals surface area (Å²) < 4.78 is 10.4. The quantitative estimate of drug-likeness (QED) is 0.777. The zero-order valence-electron chi connectivity index (χ0n) is 10.5. The normalized spacial score (nSPS) is 10.3. The van der Waals surface area contributed by atoms with Gasteiger partial charge in [-0.15, -0.1) is 0 Å². The van der Waals surface area contributed by atoms with Crippen LogP contribution in [0.25, 0.3) is 10.8 Å². The van der Waals surface area contributed by atoms with Gasteiger partial charge in [0, 0.05) is 5.39 Å². The maximum atomic E-state index is 11.7. The summed E-state index contributed by atoms with van der Waals surface area (Å²) in [6.07, 6.45) is 0. The van der Waals surface area contributed by atoms with Gasteiger partial charge >= 0.3 is 5.97 Å². The SMILES string of the molecule is CCOC(=O)c1cc2ccccc2c(OCC)n1. The van der Waals surface area contributed by atoms with Crippen molar-refractivity contribution in [2.45, 2.75) is 13.8 Å². The highest BCUT2D eigenvalue weighted by Gasteiger charge is 2.13. The zero-order chi connectivity index (χ0) is 13.0. The number of hydrogen-bond acceptors (Lipinski definition) is 4. The van der Waals surface area contributed by atoms with Gasteiger partial charge in [-0.05, 0) is 31.4 Å². The van der Waals surface area contributed by atoms with Crippen molar-refractivity contribution in [3.8, 4) is 5.88 Å². The fourth-order valence-corrected chi connectivity index (χ4v) is 1.72. The molecule has 0 bridgehead atoms. The van der Waals surface area contributed by atoms with Gasteiger partial charge in [0.15, 0.2) is 5.69 Å². The molecule has 0 radical (unpaired) electrons. The summed E-state index contributed by atoms with van der Waals surface area (Å²) in [7, 11) is 0. The fourth-order valence-electron chi connectivity index (χ4n) is 1.72. The van der Waals surface area contributed by atoms with Crippen LogP contribution in [0.3, 0.4) is 0 Å². The number of rotatable bonds is 4. The Balaban J connectivity index is 2.53. The summed E-state index contributed by atoms with van der Waals surface area (Å²) in [5.74, 6) is 0.0443. The first kappa shape index (κ1) is 12.4. The molecule has 1 aromatic heterocycles. The van der Waals surface area contributed by atoms with E-state index in [9.17, 15) is 4.79 Å². The first-order valence-corrected chi connectivity index (χ1v) is 5.96. The van der Waals surface area contributed by atoms with E-state index in [4.69, 9.17) is 9.47 Å². The van der Waals surface area contributed by atoms with E-state index < -0.39 is 5.97 Å². The highest BCUT2D eigenvalue weighted by atomic mass is 16.5. The number of carbonyl (C=O) groups is 1. The summed E-state index contributed by atoms with van der Waals surface area (Å²) in [5.41, 5.74) is 0.277. The van der Waals surface area contributed by atoms with Gasteiger partial charge < -0.3 is 9.47 Å². The molecule has 0 aliphatic carbocycles. The van der Waals surface area contributed by atoms with Crippen LogP contribution in [-0.2, 0) is 4.74 Å². The molecule has 18 heavy (non-hydrogen) atoms. The molecule has 94 valence electrons. The van der Waals surface area contributed by atoms with Gasteiger partial charge in [0.05, 0.1) is 13.2 Å². The van der Waals surface area contributed by atoms with Crippen LogP contribution in [-0.4, -0.2) is 24.2 Å². The van der Waals surface area contributed by atoms with Crippen molar-refractivity contribution < 1.29 is 14.3 Å². The van der Waals surface area contributed by atoms with E-state index in [1.54, 1.807) is 13.0 Å². The Morgan fingerprint density at radius 1 is 1.22 bits per heavy atom. The van der Waals surface area contributed by atoms with Gasteiger partial charge in [0.1, 0.15) is 0 Å². The van der Waals surface area contributed by atoms with Gasteiger partial charge in [-0.1, -0.05) is 18.2 Å². The zero-order valence-corrected chi connectivity index (χ0v) is 10.5. The maximum absolute atomic E-state index is 11.7. The molecule has 4 nitrogen and oxygen atoms in total. The first-order chi connectivity index (χ1) is 8.76. The molecule has 1 aromatic carbocycles. The summed E-state index contributed by atoms with van der Waals surface area (Å²) in [5, 5.41) is 1.81. The highest BCUT2D eigenvalue weighted by molar-refractivity contribution is 5.95. The molecule has 1 heterocycles. The Morgan fingerprint density at radius 3 is 2.72 bits per heavy atom. The van der Waals surface area contributed by atoms with Crippen LogP contribution in [0, 0.1) is 0 Å². The molecule has 0 aliphatic heterocycles. The number of pyridine rings is 1. The molecule has 4 heteroatoms. The van der Waals surface area contributed by atoms with Crippen molar-refractivity contribution in [2.75, 3.05) is 13.2 Å². The second-order valence-corrected chi connectivity index (χ2v) is 3.69. The molecular formula is C14H15NO3. The van der Waals surface area contributed by atoms with Crippen molar-refractivity contribution in [3.63, 3.8) is 0 Å². The number of hydrogen-bond donors (Lipinski definition) is 0. The maximum Gasteiger partial charge on any atom is 0.357 e. The predicted molar refractivity (Wildman–Crippen MR) is 68.9 cm³/mol. The van der Waals surface area contributed by atoms with Crippen LogP contribution in [0.1, 0.15) is 24.3 Å². The van der Waals surface area contributed by atoms with E-state index in [0.29, 0.717) is 19.1 Å². The molecule has 0 unspecified atom stereocenters. The number of aromatic nitrogens is 1. The van der Waals surface area contributed by atoms with Crippen molar-refractivity contribution in [1.29, 1.82) is 0 Å². The van der Waals surface area contributed by atoms with E-state index in [2.05, 4.69) is 4.98 Å². The summed E-state index contributed by atoms with van der Waals surface area (Å²) >= 11 is 0. The van der Waals surface area contributed by atoms with Gasteiger partial charge in [-0.3, -0.25) is 0 Å². The van der Waals surface area contributed by atoms with Crippen LogP contribution in [0.4, 0.5) is 0 Å². The number of benzene rings is 1.